The molecule has 4 nitrogen and oxygen atoms in total. The lowest BCUT2D eigenvalue weighted by Crippen LogP contribution is -2.05. The molecule has 5 heteroatoms. The third kappa shape index (κ3) is 1.31. The number of thiophene rings is 1. The van der Waals surface area contributed by atoms with Crippen LogP contribution in [0.1, 0.15) is 10.4 Å². The van der Waals surface area contributed by atoms with Crippen LogP contribution in [-0.4, -0.2) is 18.1 Å². The molecule has 0 aliphatic carbocycles. The van der Waals surface area contributed by atoms with Gasteiger partial charge in [0.2, 0.25) is 5.56 Å². The van der Waals surface area contributed by atoms with E-state index < -0.39 is 5.97 Å². The Balaban J connectivity index is 2.73. The van der Waals surface area contributed by atoms with Crippen LogP contribution in [0.4, 0.5) is 0 Å². The van der Waals surface area contributed by atoms with Gasteiger partial charge in [-0.25, -0.2) is 4.79 Å². The van der Waals surface area contributed by atoms with Gasteiger partial charge in [0.05, 0.1) is 22.9 Å². The molecule has 0 aromatic carbocycles. The van der Waals surface area contributed by atoms with Crippen LogP contribution in [0.2, 0.25) is 0 Å². The Hall–Kier alpha value is -1.62. The summed E-state index contributed by atoms with van der Waals surface area (Å²) in [5.41, 5.74) is 0.737. The number of pyridine rings is 1. The molecule has 0 atom stereocenters. The molecule has 0 aliphatic heterocycles. The summed E-state index contributed by atoms with van der Waals surface area (Å²) in [5, 5.41) is 1.67. The number of carbonyl (C=O) groups is 1. The fraction of sp³-hybridized carbons (Fsp3) is 0.111. The van der Waals surface area contributed by atoms with E-state index in [2.05, 4.69) is 9.72 Å². The molecule has 72 valence electrons. The van der Waals surface area contributed by atoms with Gasteiger partial charge in [-0.15, -0.1) is 11.3 Å². The Bertz CT molecular complexity index is 540. The molecule has 0 aliphatic rings. The van der Waals surface area contributed by atoms with Gasteiger partial charge in [0, 0.05) is 11.4 Å². The third-order valence-electron chi connectivity index (χ3n) is 1.86. The van der Waals surface area contributed by atoms with Crippen LogP contribution in [0.5, 0.6) is 0 Å². The first-order chi connectivity index (χ1) is 6.72. The fourth-order valence-electron chi connectivity index (χ4n) is 1.20. The SMILES string of the molecule is COC(=O)c1csc2ccc(=O)[nH]c12. The van der Waals surface area contributed by atoms with E-state index in [0.29, 0.717) is 11.1 Å². The first kappa shape index (κ1) is 8.96. The van der Waals surface area contributed by atoms with E-state index in [9.17, 15) is 9.59 Å². The molecule has 0 fully saturated rings. The molecule has 2 aromatic rings. The number of carbonyl (C=O) groups excluding carboxylic acids is 1. The van der Waals surface area contributed by atoms with Crippen molar-refractivity contribution in [1.29, 1.82) is 0 Å². The lowest BCUT2D eigenvalue weighted by Gasteiger charge is -1.95. The van der Waals surface area contributed by atoms with Gasteiger partial charge < -0.3 is 9.72 Å². The van der Waals surface area contributed by atoms with Crippen LogP contribution in [0.25, 0.3) is 10.2 Å². The van der Waals surface area contributed by atoms with Gasteiger partial charge in [-0.3, -0.25) is 4.79 Å². The largest absolute Gasteiger partial charge is 0.465 e. The second-order valence-corrected chi connectivity index (χ2v) is 3.61. The van der Waals surface area contributed by atoms with Gasteiger partial charge in [0.15, 0.2) is 0 Å². The van der Waals surface area contributed by atoms with E-state index in [1.807, 2.05) is 0 Å². The number of H-pyrrole nitrogens is 1. The zero-order valence-corrected chi connectivity index (χ0v) is 8.18. The lowest BCUT2D eigenvalue weighted by atomic mass is 10.3. The molecule has 0 spiro atoms. The molecule has 14 heavy (non-hydrogen) atoms. The standard InChI is InChI=1S/C9H7NO3S/c1-13-9(12)5-4-14-6-2-3-7(11)10-8(5)6/h2-4H,1H3,(H,10,11). The first-order valence-corrected chi connectivity index (χ1v) is 4.79. The molecule has 0 radical (unpaired) electrons. The summed E-state index contributed by atoms with van der Waals surface area (Å²) in [6.45, 7) is 0. The minimum absolute atomic E-state index is 0.221. The highest BCUT2D eigenvalue weighted by Crippen LogP contribution is 2.22. The van der Waals surface area contributed by atoms with Gasteiger partial charge in [-0.1, -0.05) is 0 Å². The fourth-order valence-corrected chi connectivity index (χ4v) is 2.09. The molecule has 0 saturated heterocycles. The van der Waals surface area contributed by atoms with Crippen LogP contribution in [0.15, 0.2) is 22.3 Å². The van der Waals surface area contributed by atoms with Crippen LogP contribution in [0.3, 0.4) is 0 Å². The molecular formula is C9H7NO3S. The molecule has 2 heterocycles. The smallest absolute Gasteiger partial charge is 0.340 e. The van der Waals surface area contributed by atoms with E-state index in [4.69, 9.17) is 0 Å². The Kier molecular flexibility index (Phi) is 2.09. The Morgan fingerprint density at radius 2 is 2.29 bits per heavy atom. The topological polar surface area (TPSA) is 59.2 Å². The molecule has 2 rings (SSSR count). The summed E-state index contributed by atoms with van der Waals surface area (Å²) < 4.78 is 5.45. The lowest BCUT2D eigenvalue weighted by molar-refractivity contribution is 0.0603. The molecule has 0 saturated carbocycles. The van der Waals surface area contributed by atoms with E-state index in [-0.39, 0.29) is 5.56 Å². The maximum absolute atomic E-state index is 11.3. The van der Waals surface area contributed by atoms with Crippen LogP contribution in [-0.2, 0) is 4.74 Å². The van der Waals surface area contributed by atoms with Crippen LogP contribution in [0, 0.1) is 0 Å². The van der Waals surface area contributed by atoms with Crippen molar-refractivity contribution in [2.45, 2.75) is 0 Å². The second-order valence-electron chi connectivity index (χ2n) is 2.70. The Labute approximate surface area is 83.1 Å². The van der Waals surface area contributed by atoms with Crippen molar-refractivity contribution in [2.75, 3.05) is 7.11 Å². The quantitative estimate of drug-likeness (QED) is 0.722. The predicted molar refractivity (Wildman–Crippen MR) is 53.8 cm³/mol. The zero-order chi connectivity index (χ0) is 10.1. The van der Waals surface area contributed by atoms with Gasteiger partial charge in [-0.05, 0) is 6.07 Å². The van der Waals surface area contributed by atoms with Crippen molar-refractivity contribution in [3.8, 4) is 0 Å². The van der Waals surface area contributed by atoms with Gasteiger partial charge >= 0.3 is 5.97 Å². The highest BCUT2D eigenvalue weighted by molar-refractivity contribution is 7.17. The number of ether oxygens (including phenoxy) is 1. The van der Waals surface area contributed by atoms with E-state index in [1.165, 1.54) is 24.5 Å². The summed E-state index contributed by atoms with van der Waals surface area (Å²) in [4.78, 5) is 24.9. The number of fused-ring (bicyclic) bond motifs is 1. The van der Waals surface area contributed by atoms with E-state index >= 15 is 0 Å². The average molecular weight is 209 g/mol. The van der Waals surface area contributed by atoms with Crippen molar-refractivity contribution in [2.24, 2.45) is 0 Å². The van der Waals surface area contributed by atoms with Gasteiger partial charge in [0.25, 0.3) is 0 Å². The Morgan fingerprint density at radius 1 is 1.50 bits per heavy atom. The first-order valence-electron chi connectivity index (χ1n) is 3.91. The van der Waals surface area contributed by atoms with Crippen molar-refractivity contribution in [1.82, 2.24) is 4.98 Å². The van der Waals surface area contributed by atoms with Crippen molar-refractivity contribution in [3.05, 3.63) is 33.4 Å². The highest BCUT2D eigenvalue weighted by atomic mass is 32.1. The Morgan fingerprint density at radius 3 is 3.00 bits per heavy atom. The maximum Gasteiger partial charge on any atom is 0.340 e. The molecule has 2 aromatic heterocycles. The summed E-state index contributed by atoms with van der Waals surface area (Å²) in [6, 6.07) is 3.12. The van der Waals surface area contributed by atoms with Crippen molar-refractivity contribution >= 4 is 27.5 Å². The molecule has 0 amide bonds. The second kappa shape index (κ2) is 3.26. The number of methoxy groups -OCH3 is 1. The number of rotatable bonds is 1. The summed E-state index contributed by atoms with van der Waals surface area (Å²) in [5.74, 6) is -0.432. The number of hydrogen-bond acceptors (Lipinski definition) is 4. The number of aromatic nitrogens is 1. The van der Waals surface area contributed by atoms with Gasteiger partial charge in [-0.2, -0.15) is 0 Å². The van der Waals surface area contributed by atoms with Crippen molar-refractivity contribution in [3.63, 3.8) is 0 Å². The van der Waals surface area contributed by atoms with Crippen molar-refractivity contribution < 1.29 is 9.53 Å². The van der Waals surface area contributed by atoms with Gasteiger partial charge in [0.1, 0.15) is 0 Å². The summed E-state index contributed by atoms with van der Waals surface area (Å²) >= 11 is 1.40. The van der Waals surface area contributed by atoms with E-state index in [1.54, 1.807) is 11.4 Å². The predicted octanol–water partition coefficient (Wildman–Crippen LogP) is 1.38. The summed E-state index contributed by atoms with van der Waals surface area (Å²) in [7, 11) is 1.31. The summed E-state index contributed by atoms with van der Waals surface area (Å²) in [6.07, 6.45) is 0. The third-order valence-corrected chi connectivity index (χ3v) is 2.81. The number of esters is 1. The molecule has 1 N–H and O–H groups in total. The average Bonchev–Trinajstić information content (AvgIpc) is 2.59. The number of aromatic amines is 1. The number of nitrogens with one attached hydrogen (secondary N) is 1. The monoisotopic (exact) mass is 209 g/mol. The molecule has 0 unspecified atom stereocenters. The molecule has 0 bridgehead atoms. The van der Waals surface area contributed by atoms with Crippen LogP contribution >= 0.6 is 11.3 Å². The minimum Gasteiger partial charge on any atom is -0.465 e. The zero-order valence-electron chi connectivity index (χ0n) is 7.37. The van der Waals surface area contributed by atoms with E-state index in [0.717, 1.165) is 4.70 Å². The maximum atomic E-state index is 11.3. The molecular weight excluding hydrogens is 202 g/mol. The van der Waals surface area contributed by atoms with Crippen LogP contribution < -0.4 is 5.56 Å². The number of hydrogen-bond donors (Lipinski definition) is 1. The highest BCUT2D eigenvalue weighted by Gasteiger charge is 2.12. The minimum atomic E-state index is -0.432. The normalized spacial score (nSPS) is 10.4.